The molecule has 1 heterocycles. The Balaban J connectivity index is 1.81. The number of amides is 1. The number of carbonyl (C=O) groups is 1. The summed E-state index contributed by atoms with van der Waals surface area (Å²) in [6, 6.07) is 17.3. The van der Waals surface area contributed by atoms with Crippen LogP contribution in [0.1, 0.15) is 24.5 Å². The van der Waals surface area contributed by atoms with E-state index in [0.29, 0.717) is 5.56 Å². The molecule has 3 aromatic carbocycles. The minimum Gasteiger partial charge on any atom is -0.497 e. The number of carbonyl (C=O) groups excluding carboxylic acids is 1. The lowest BCUT2D eigenvalue weighted by Gasteiger charge is -2.38. The molecule has 0 fully saturated rings. The van der Waals surface area contributed by atoms with Crippen molar-refractivity contribution in [2.45, 2.75) is 30.9 Å². The zero-order valence-corrected chi connectivity index (χ0v) is 19.5. The molecule has 0 saturated heterocycles. The summed E-state index contributed by atoms with van der Waals surface area (Å²) in [5.41, 5.74) is -1.30. The molecule has 0 aliphatic rings. The highest BCUT2D eigenvalue weighted by Gasteiger charge is 2.44. The van der Waals surface area contributed by atoms with Gasteiger partial charge in [0, 0.05) is 25.9 Å². The standard InChI is InChI=1S/C27H28FN3O3/c1-26(25(32)29-2,22-6-4-20-15-24(34-3)11-5-19(20)14-22)16-27(33,17-31-13-12-30-18-31)21-7-9-23(28)10-8-21/h4-15,18,33H,16-17H2,1-3H3,(H,29,32). The molecular formula is C27H28FN3O3. The number of ether oxygens (including phenoxy) is 1. The highest BCUT2D eigenvalue weighted by Crippen LogP contribution is 2.40. The highest BCUT2D eigenvalue weighted by atomic mass is 19.1. The molecule has 4 rings (SSSR count). The van der Waals surface area contributed by atoms with Crippen LogP contribution in [0.5, 0.6) is 5.75 Å². The summed E-state index contributed by atoms with van der Waals surface area (Å²) < 4.78 is 20.7. The monoisotopic (exact) mass is 461 g/mol. The lowest BCUT2D eigenvalue weighted by atomic mass is 9.70. The summed E-state index contributed by atoms with van der Waals surface area (Å²) in [7, 11) is 3.20. The summed E-state index contributed by atoms with van der Waals surface area (Å²) >= 11 is 0. The van der Waals surface area contributed by atoms with Gasteiger partial charge in [0.15, 0.2) is 0 Å². The van der Waals surface area contributed by atoms with E-state index in [1.807, 2.05) is 43.3 Å². The first-order chi connectivity index (χ1) is 16.3. The lowest BCUT2D eigenvalue weighted by molar-refractivity contribution is -0.129. The zero-order valence-electron chi connectivity index (χ0n) is 19.5. The molecule has 1 amide bonds. The molecule has 0 radical (unpaired) electrons. The smallest absolute Gasteiger partial charge is 0.230 e. The molecule has 0 aliphatic carbocycles. The van der Waals surface area contributed by atoms with Crippen LogP contribution in [0.4, 0.5) is 4.39 Å². The number of nitrogens with zero attached hydrogens (tertiary/aromatic N) is 2. The van der Waals surface area contributed by atoms with Crippen molar-refractivity contribution in [1.82, 2.24) is 14.9 Å². The second-order valence-corrected chi connectivity index (χ2v) is 8.79. The van der Waals surface area contributed by atoms with Crippen LogP contribution < -0.4 is 10.1 Å². The van der Waals surface area contributed by atoms with Crippen LogP contribution in [-0.4, -0.2) is 34.7 Å². The van der Waals surface area contributed by atoms with Gasteiger partial charge in [-0.2, -0.15) is 0 Å². The maximum absolute atomic E-state index is 13.7. The first-order valence-electron chi connectivity index (χ1n) is 11.0. The Hall–Kier alpha value is -3.71. The van der Waals surface area contributed by atoms with Gasteiger partial charge < -0.3 is 19.7 Å². The summed E-state index contributed by atoms with van der Waals surface area (Å²) in [6.07, 6.45) is 5.04. The van der Waals surface area contributed by atoms with E-state index in [-0.39, 0.29) is 18.9 Å². The van der Waals surface area contributed by atoms with Gasteiger partial charge in [0.05, 0.1) is 25.4 Å². The van der Waals surface area contributed by atoms with Gasteiger partial charge in [-0.3, -0.25) is 4.79 Å². The average Bonchev–Trinajstić information content (AvgIpc) is 3.35. The number of benzene rings is 3. The zero-order chi connectivity index (χ0) is 24.3. The number of fused-ring (bicyclic) bond motifs is 1. The lowest BCUT2D eigenvalue weighted by Crippen LogP contribution is -2.47. The number of rotatable bonds is 8. The number of aromatic nitrogens is 2. The summed E-state index contributed by atoms with van der Waals surface area (Å²) in [6.45, 7) is 1.97. The molecule has 176 valence electrons. The minimum atomic E-state index is -1.48. The van der Waals surface area contributed by atoms with Crippen LogP contribution >= 0.6 is 0 Å². The third-order valence-corrected chi connectivity index (χ3v) is 6.44. The van der Waals surface area contributed by atoms with E-state index in [9.17, 15) is 14.3 Å². The third-order valence-electron chi connectivity index (χ3n) is 6.44. The Labute approximate surface area is 198 Å². The number of halogens is 1. The number of likely N-dealkylation sites (N-methyl/N-ethyl adjacent to an activating group) is 1. The second-order valence-electron chi connectivity index (χ2n) is 8.79. The normalized spacial score (nSPS) is 14.9. The van der Waals surface area contributed by atoms with Crippen LogP contribution in [0.3, 0.4) is 0 Å². The Morgan fingerprint density at radius 2 is 1.76 bits per heavy atom. The van der Waals surface area contributed by atoms with E-state index >= 15 is 0 Å². The van der Waals surface area contributed by atoms with Crippen molar-refractivity contribution in [2.75, 3.05) is 14.2 Å². The van der Waals surface area contributed by atoms with Crippen molar-refractivity contribution in [3.63, 3.8) is 0 Å². The average molecular weight is 462 g/mol. The number of hydrogen-bond donors (Lipinski definition) is 2. The summed E-state index contributed by atoms with van der Waals surface area (Å²) in [5.74, 6) is 0.125. The molecule has 34 heavy (non-hydrogen) atoms. The van der Waals surface area contributed by atoms with Crippen molar-refractivity contribution in [3.05, 3.63) is 96.3 Å². The van der Waals surface area contributed by atoms with Crippen molar-refractivity contribution in [2.24, 2.45) is 0 Å². The van der Waals surface area contributed by atoms with Crippen molar-refractivity contribution < 1.29 is 19.0 Å². The fourth-order valence-electron chi connectivity index (χ4n) is 4.56. The Morgan fingerprint density at radius 3 is 2.41 bits per heavy atom. The SMILES string of the molecule is CNC(=O)C(C)(CC(O)(Cn1ccnc1)c1ccc(F)cc1)c1ccc2cc(OC)ccc2c1. The van der Waals surface area contributed by atoms with E-state index in [0.717, 1.165) is 22.1 Å². The molecule has 1 aromatic heterocycles. The molecule has 6 nitrogen and oxygen atoms in total. The Kier molecular flexibility index (Phi) is 6.39. The maximum atomic E-state index is 13.7. The number of aliphatic hydroxyl groups is 1. The Bertz CT molecular complexity index is 1290. The van der Waals surface area contributed by atoms with Gasteiger partial charge in [-0.1, -0.05) is 36.4 Å². The molecule has 0 spiro atoms. The third kappa shape index (κ3) is 4.52. The van der Waals surface area contributed by atoms with Crippen LogP contribution in [0.15, 0.2) is 79.4 Å². The Morgan fingerprint density at radius 1 is 1.09 bits per heavy atom. The first kappa shape index (κ1) is 23.4. The minimum absolute atomic E-state index is 0.0607. The molecule has 4 aromatic rings. The van der Waals surface area contributed by atoms with E-state index in [1.54, 1.807) is 49.6 Å². The molecule has 7 heteroatoms. The predicted octanol–water partition coefficient (Wildman–Crippen LogP) is 4.17. The van der Waals surface area contributed by atoms with Gasteiger partial charge in [-0.05, 0) is 53.1 Å². The predicted molar refractivity (Wildman–Crippen MR) is 129 cm³/mol. The number of methoxy groups -OCH3 is 1. The molecule has 0 aliphatic heterocycles. The molecule has 2 atom stereocenters. The fraction of sp³-hybridized carbons (Fsp3) is 0.259. The molecule has 2 unspecified atom stereocenters. The van der Waals surface area contributed by atoms with Gasteiger partial charge in [0.25, 0.3) is 0 Å². The van der Waals surface area contributed by atoms with Crippen molar-refractivity contribution in [3.8, 4) is 5.75 Å². The molecular weight excluding hydrogens is 433 g/mol. The van der Waals surface area contributed by atoms with Crippen molar-refractivity contribution in [1.29, 1.82) is 0 Å². The topological polar surface area (TPSA) is 76.4 Å². The number of imidazole rings is 1. The van der Waals surface area contributed by atoms with E-state index in [1.165, 1.54) is 12.1 Å². The van der Waals surface area contributed by atoms with Crippen LogP contribution in [-0.2, 0) is 22.4 Å². The van der Waals surface area contributed by atoms with E-state index < -0.39 is 16.8 Å². The molecule has 0 bridgehead atoms. The van der Waals surface area contributed by atoms with Crippen LogP contribution in [0.25, 0.3) is 10.8 Å². The van der Waals surface area contributed by atoms with Crippen LogP contribution in [0, 0.1) is 5.82 Å². The molecule has 2 N–H and O–H groups in total. The van der Waals surface area contributed by atoms with Gasteiger partial charge in [0.1, 0.15) is 17.2 Å². The fourth-order valence-corrected chi connectivity index (χ4v) is 4.56. The number of nitrogens with one attached hydrogen (secondary N) is 1. The van der Waals surface area contributed by atoms with Gasteiger partial charge >= 0.3 is 0 Å². The largest absolute Gasteiger partial charge is 0.497 e. The van der Waals surface area contributed by atoms with E-state index in [4.69, 9.17) is 4.74 Å². The summed E-state index contributed by atoms with van der Waals surface area (Å²) in [5, 5.41) is 16.7. The number of hydrogen-bond acceptors (Lipinski definition) is 4. The van der Waals surface area contributed by atoms with Gasteiger partial charge in [0.2, 0.25) is 5.91 Å². The second kappa shape index (κ2) is 9.27. The van der Waals surface area contributed by atoms with Crippen LogP contribution in [0.2, 0.25) is 0 Å². The molecule has 0 saturated carbocycles. The first-order valence-corrected chi connectivity index (χ1v) is 11.0. The maximum Gasteiger partial charge on any atom is 0.230 e. The van der Waals surface area contributed by atoms with Crippen molar-refractivity contribution >= 4 is 16.7 Å². The van der Waals surface area contributed by atoms with E-state index in [2.05, 4.69) is 10.3 Å². The summed E-state index contributed by atoms with van der Waals surface area (Å²) in [4.78, 5) is 17.4. The quantitative estimate of drug-likeness (QED) is 0.413. The van der Waals surface area contributed by atoms with Gasteiger partial charge in [-0.25, -0.2) is 9.37 Å². The highest BCUT2D eigenvalue weighted by molar-refractivity contribution is 5.91. The van der Waals surface area contributed by atoms with Gasteiger partial charge in [-0.15, -0.1) is 0 Å².